The molecule has 0 aromatic heterocycles. The fraction of sp³-hybridized carbons (Fsp3) is 1.00. The first-order valence-electron chi connectivity index (χ1n) is 9.42. The van der Waals surface area contributed by atoms with Gasteiger partial charge in [-0.2, -0.15) is 0 Å². The van der Waals surface area contributed by atoms with Crippen molar-refractivity contribution in [3.63, 3.8) is 0 Å². The standard InChI is InChI=1S/C19H34/c1-3-8-16(9-4-1)14-17-10-7-13-19(15-17)18-11-5-2-6-12-18/h16-19H,1-15H2. The minimum absolute atomic E-state index is 1.11. The maximum Gasteiger partial charge on any atom is -0.0383 e. The molecule has 0 aromatic rings. The first-order valence-corrected chi connectivity index (χ1v) is 9.42. The maximum atomic E-state index is 1.61. The van der Waals surface area contributed by atoms with E-state index in [1.54, 1.807) is 57.8 Å². The summed E-state index contributed by atoms with van der Waals surface area (Å²) in [5.41, 5.74) is 0. The van der Waals surface area contributed by atoms with Crippen molar-refractivity contribution in [2.45, 2.75) is 96.3 Å². The van der Waals surface area contributed by atoms with Crippen molar-refractivity contribution in [1.29, 1.82) is 0 Å². The van der Waals surface area contributed by atoms with Gasteiger partial charge in [0.05, 0.1) is 0 Å². The third-order valence-corrected chi connectivity index (χ3v) is 6.53. The Kier molecular flexibility index (Phi) is 5.24. The molecule has 0 bridgehead atoms. The van der Waals surface area contributed by atoms with Crippen LogP contribution in [0.15, 0.2) is 0 Å². The maximum absolute atomic E-state index is 1.61. The lowest BCUT2D eigenvalue weighted by Crippen LogP contribution is -2.26. The highest BCUT2D eigenvalue weighted by Gasteiger charge is 2.30. The van der Waals surface area contributed by atoms with Crippen LogP contribution in [0.25, 0.3) is 0 Å². The zero-order chi connectivity index (χ0) is 12.9. The summed E-state index contributed by atoms with van der Waals surface area (Å²) in [6.45, 7) is 0. The first-order chi connectivity index (χ1) is 9.42. The SMILES string of the molecule is C1CCC(CC2CCCC(C3CCCCC3)C2)CC1. The molecule has 0 spiro atoms. The predicted molar refractivity (Wildman–Crippen MR) is 83.2 cm³/mol. The normalized spacial score (nSPS) is 35.4. The van der Waals surface area contributed by atoms with Crippen molar-refractivity contribution < 1.29 is 0 Å². The third-order valence-electron chi connectivity index (χ3n) is 6.53. The Morgan fingerprint density at radius 2 is 1.05 bits per heavy atom. The predicted octanol–water partition coefficient (Wildman–Crippen LogP) is 6.34. The largest absolute Gasteiger partial charge is 0.0533 e. The third kappa shape index (κ3) is 3.99. The Morgan fingerprint density at radius 3 is 1.79 bits per heavy atom. The molecule has 110 valence electrons. The molecule has 2 atom stereocenters. The van der Waals surface area contributed by atoms with Gasteiger partial charge in [-0.05, 0) is 36.5 Å². The molecule has 0 aromatic carbocycles. The monoisotopic (exact) mass is 262 g/mol. The molecule has 0 amide bonds. The van der Waals surface area contributed by atoms with Gasteiger partial charge in [-0.1, -0.05) is 83.5 Å². The summed E-state index contributed by atoms with van der Waals surface area (Å²) in [6.07, 6.45) is 23.3. The molecular formula is C19H34. The fourth-order valence-electron chi connectivity index (χ4n) is 5.47. The van der Waals surface area contributed by atoms with Crippen LogP contribution in [-0.2, 0) is 0 Å². The van der Waals surface area contributed by atoms with E-state index < -0.39 is 0 Å². The molecule has 0 aliphatic heterocycles. The summed E-state index contributed by atoms with van der Waals surface area (Å²) >= 11 is 0. The van der Waals surface area contributed by atoms with E-state index >= 15 is 0 Å². The molecule has 0 saturated heterocycles. The van der Waals surface area contributed by atoms with Crippen molar-refractivity contribution in [3.05, 3.63) is 0 Å². The van der Waals surface area contributed by atoms with Gasteiger partial charge in [-0.25, -0.2) is 0 Å². The summed E-state index contributed by atoms with van der Waals surface area (Å²) < 4.78 is 0. The smallest absolute Gasteiger partial charge is 0.0383 e. The molecular weight excluding hydrogens is 228 g/mol. The van der Waals surface area contributed by atoms with Crippen molar-refractivity contribution in [2.75, 3.05) is 0 Å². The van der Waals surface area contributed by atoms with E-state index in [4.69, 9.17) is 0 Å². The van der Waals surface area contributed by atoms with Crippen LogP contribution in [0.2, 0.25) is 0 Å². The second-order valence-corrected chi connectivity index (χ2v) is 7.93. The van der Waals surface area contributed by atoms with Crippen molar-refractivity contribution in [3.8, 4) is 0 Å². The Labute approximate surface area is 120 Å². The van der Waals surface area contributed by atoms with Crippen LogP contribution in [0.5, 0.6) is 0 Å². The summed E-state index contributed by atoms with van der Waals surface area (Å²) in [6, 6.07) is 0. The van der Waals surface area contributed by atoms with Crippen LogP contribution in [0.3, 0.4) is 0 Å². The second-order valence-electron chi connectivity index (χ2n) is 7.93. The lowest BCUT2D eigenvalue weighted by molar-refractivity contribution is 0.138. The molecule has 0 heterocycles. The molecule has 3 fully saturated rings. The zero-order valence-electron chi connectivity index (χ0n) is 12.9. The minimum Gasteiger partial charge on any atom is -0.0533 e. The highest BCUT2D eigenvalue weighted by molar-refractivity contribution is 4.82. The Balaban J connectivity index is 1.46. The lowest BCUT2D eigenvalue weighted by atomic mass is 9.68. The van der Waals surface area contributed by atoms with Gasteiger partial charge in [0, 0.05) is 0 Å². The van der Waals surface area contributed by atoms with Crippen molar-refractivity contribution in [2.24, 2.45) is 23.7 Å². The Hall–Kier alpha value is 0. The van der Waals surface area contributed by atoms with Gasteiger partial charge in [-0.3, -0.25) is 0 Å². The van der Waals surface area contributed by atoms with Crippen LogP contribution in [0.4, 0.5) is 0 Å². The number of hydrogen-bond donors (Lipinski definition) is 0. The van der Waals surface area contributed by atoms with Crippen molar-refractivity contribution in [1.82, 2.24) is 0 Å². The van der Waals surface area contributed by atoms with Gasteiger partial charge in [0.25, 0.3) is 0 Å². The quantitative estimate of drug-likeness (QED) is 0.556. The molecule has 0 N–H and O–H groups in total. The molecule has 3 aliphatic rings. The van der Waals surface area contributed by atoms with Gasteiger partial charge >= 0.3 is 0 Å². The van der Waals surface area contributed by atoms with E-state index in [0.29, 0.717) is 0 Å². The lowest BCUT2D eigenvalue weighted by Gasteiger charge is -2.38. The molecule has 0 heteroatoms. The number of rotatable bonds is 3. The molecule has 3 rings (SSSR count). The molecule has 0 radical (unpaired) electrons. The van der Waals surface area contributed by atoms with E-state index in [0.717, 1.165) is 23.7 Å². The zero-order valence-corrected chi connectivity index (χ0v) is 12.9. The van der Waals surface area contributed by atoms with E-state index in [1.807, 2.05) is 0 Å². The topological polar surface area (TPSA) is 0 Å². The minimum atomic E-state index is 1.11. The summed E-state index contributed by atoms with van der Waals surface area (Å²) in [4.78, 5) is 0. The summed E-state index contributed by atoms with van der Waals surface area (Å²) in [5.74, 6) is 4.48. The van der Waals surface area contributed by atoms with Crippen molar-refractivity contribution >= 4 is 0 Å². The molecule has 19 heavy (non-hydrogen) atoms. The van der Waals surface area contributed by atoms with Crippen LogP contribution < -0.4 is 0 Å². The molecule has 2 unspecified atom stereocenters. The van der Waals surface area contributed by atoms with E-state index in [9.17, 15) is 0 Å². The van der Waals surface area contributed by atoms with Gasteiger partial charge < -0.3 is 0 Å². The van der Waals surface area contributed by atoms with Crippen LogP contribution in [0.1, 0.15) is 96.3 Å². The van der Waals surface area contributed by atoms with Gasteiger partial charge in [-0.15, -0.1) is 0 Å². The van der Waals surface area contributed by atoms with E-state index in [2.05, 4.69) is 0 Å². The van der Waals surface area contributed by atoms with Crippen LogP contribution in [0, 0.1) is 23.7 Å². The van der Waals surface area contributed by atoms with Crippen LogP contribution >= 0.6 is 0 Å². The average Bonchev–Trinajstić information content (AvgIpc) is 2.49. The molecule has 0 nitrogen and oxygen atoms in total. The summed E-state index contributed by atoms with van der Waals surface area (Å²) in [5, 5.41) is 0. The molecule has 3 saturated carbocycles. The van der Waals surface area contributed by atoms with E-state index in [-0.39, 0.29) is 0 Å². The number of hydrogen-bond acceptors (Lipinski definition) is 0. The van der Waals surface area contributed by atoms with Crippen LogP contribution in [-0.4, -0.2) is 0 Å². The van der Waals surface area contributed by atoms with Gasteiger partial charge in [0.2, 0.25) is 0 Å². The summed E-state index contributed by atoms with van der Waals surface area (Å²) in [7, 11) is 0. The highest BCUT2D eigenvalue weighted by Crippen LogP contribution is 2.43. The van der Waals surface area contributed by atoms with Gasteiger partial charge in [0.15, 0.2) is 0 Å². The Morgan fingerprint density at radius 1 is 0.474 bits per heavy atom. The fourth-order valence-corrected chi connectivity index (χ4v) is 5.47. The second kappa shape index (κ2) is 7.14. The highest BCUT2D eigenvalue weighted by atomic mass is 14.4. The van der Waals surface area contributed by atoms with E-state index in [1.165, 1.54) is 38.5 Å². The molecule has 3 aliphatic carbocycles. The Bertz CT molecular complexity index is 245. The first kappa shape index (κ1) is 14.0. The average molecular weight is 262 g/mol. The van der Waals surface area contributed by atoms with Gasteiger partial charge in [0.1, 0.15) is 0 Å².